The molecule has 0 aliphatic rings. The Balaban J connectivity index is 2.34. The molecule has 0 aromatic carbocycles. The molecule has 1 aromatic rings. The lowest BCUT2D eigenvalue weighted by Crippen LogP contribution is -2.10. The molecule has 0 saturated carbocycles. The molecule has 0 fully saturated rings. The predicted octanol–water partition coefficient (Wildman–Crippen LogP) is 3.85. The Morgan fingerprint density at radius 1 is 1.43 bits per heavy atom. The van der Waals surface area contributed by atoms with Crippen molar-refractivity contribution in [2.45, 2.75) is 39.2 Å². The Hall–Kier alpha value is 0.140. The van der Waals surface area contributed by atoms with Crippen molar-refractivity contribution in [3.63, 3.8) is 0 Å². The van der Waals surface area contributed by atoms with E-state index in [1.807, 2.05) is 6.07 Å². The van der Waals surface area contributed by atoms with E-state index in [1.165, 1.54) is 4.88 Å². The van der Waals surface area contributed by atoms with Gasteiger partial charge in [0, 0.05) is 15.8 Å². The first-order chi connectivity index (χ1) is 6.59. The molecule has 1 atom stereocenters. The summed E-state index contributed by atoms with van der Waals surface area (Å²) in [5, 5.41) is 11.8. The average Bonchev–Trinajstić information content (AvgIpc) is 2.49. The van der Waals surface area contributed by atoms with Crippen molar-refractivity contribution in [1.82, 2.24) is 0 Å². The summed E-state index contributed by atoms with van der Waals surface area (Å²) in [7, 11) is 0. The number of aliphatic hydroxyl groups is 1. The van der Waals surface area contributed by atoms with Crippen LogP contribution < -0.4 is 0 Å². The fourth-order valence-electron chi connectivity index (χ4n) is 1.31. The molecule has 1 aromatic heterocycles. The van der Waals surface area contributed by atoms with Crippen molar-refractivity contribution in [3.05, 3.63) is 20.8 Å². The molecule has 0 amide bonds. The summed E-state index contributed by atoms with van der Waals surface area (Å²) in [5.41, 5.74) is 0. The lowest BCUT2D eigenvalue weighted by Gasteiger charge is -2.11. The van der Waals surface area contributed by atoms with Crippen molar-refractivity contribution < 1.29 is 5.11 Å². The first-order valence-electron chi connectivity index (χ1n) is 4.99. The van der Waals surface area contributed by atoms with Crippen molar-refractivity contribution in [2.24, 2.45) is 5.92 Å². The van der Waals surface area contributed by atoms with Crippen LogP contribution in [0.5, 0.6) is 0 Å². The second-order valence-corrected chi connectivity index (χ2v) is 5.88. The third-order valence-electron chi connectivity index (χ3n) is 2.19. The van der Waals surface area contributed by atoms with Gasteiger partial charge in [0.05, 0.1) is 6.10 Å². The molecule has 1 N–H and O–H groups in total. The Kier molecular flexibility index (Phi) is 5.13. The zero-order chi connectivity index (χ0) is 10.6. The summed E-state index contributed by atoms with van der Waals surface area (Å²) >= 11 is 5.18. The van der Waals surface area contributed by atoms with Gasteiger partial charge < -0.3 is 5.11 Å². The minimum Gasteiger partial charge on any atom is -0.393 e. The molecule has 0 bridgehead atoms. The van der Waals surface area contributed by atoms with Crippen LogP contribution in [0, 0.1) is 5.92 Å². The van der Waals surface area contributed by atoms with Crippen molar-refractivity contribution in [1.29, 1.82) is 0 Å². The van der Waals surface area contributed by atoms with Gasteiger partial charge in [-0.05, 0) is 46.1 Å². The number of aliphatic hydroxyl groups excluding tert-OH is 1. The number of rotatable bonds is 5. The normalized spacial score (nSPS) is 13.5. The van der Waals surface area contributed by atoms with Crippen LogP contribution in [0.4, 0.5) is 0 Å². The van der Waals surface area contributed by atoms with Crippen molar-refractivity contribution in [3.8, 4) is 0 Å². The molecule has 0 aliphatic heterocycles. The maximum Gasteiger partial charge on any atom is 0.0589 e. The zero-order valence-electron chi connectivity index (χ0n) is 8.66. The molecule has 0 spiro atoms. The van der Waals surface area contributed by atoms with E-state index in [1.54, 1.807) is 11.3 Å². The molecule has 0 radical (unpaired) electrons. The summed E-state index contributed by atoms with van der Waals surface area (Å²) in [6, 6.07) is 2.04. The molecule has 0 saturated heterocycles. The van der Waals surface area contributed by atoms with E-state index in [9.17, 15) is 5.11 Å². The summed E-state index contributed by atoms with van der Waals surface area (Å²) in [6.45, 7) is 4.38. The highest BCUT2D eigenvalue weighted by atomic mass is 79.9. The quantitative estimate of drug-likeness (QED) is 0.866. The van der Waals surface area contributed by atoms with Gasteiger partial charge in [-0.2, -0.15) is 0 Å². The molecule has 80 valence electrons. The Morgan fingerprint density at radius 2 is 2.14 bits per heavy atom. The SMILES string of the molecule is CC(C)CCC(O)Cc1sccc1Br. The molecule has 14 heavy (non-hydrogen) atoms. The smallest absolute Gasteiger partial charge is 0.0589 e. The molecule has 1 nitrogen and oxygen atoms in total. The summed E-state index contributed by atoms with van der Waals surface area (Å²) in [5.74, 6) is 0.677. The number of halogens is 1. The van der Waals surface area contributed by atoms with Crippen LogP contribution in [0.1, 0.15) is 31.6 Å². The summed E-state index contributed by atoms with van der Waals surface area (Å²) in [6.07, 6.45) is 2.60. The topological polar surface area (TPSA) is 20.2 Å². The molecule has 1 rings (SSSR count). The monoisotopic (exact) mass is 276 g/mol. The Morgan fingerprint density at radius 3 is 2.64 bits per heavy atom. The highest BCUT2D eigenvalue weighted by molar-refractivity contribution is 9.10. The van der Waals surface area contributed by atoms with Gasteiger partial charge >= 0.3 is 0 Å². The van der Waals surface area contributed by atoms with Gasteiger partial charge in [-0.25, -0.2) is 0 Å². The maximum atomic E-state index is 9.78. The van der Waals surface area contributed by atoms with E-state index >= 15 is 0 Å². The Bertz CT molecular complexity index is 270. The zero-order valence-corrected chi connectivity index (χ0v) is 11.1. The molecule has 1 heterocycles. The average molecular weight is 277 g/mol. The number of hydrogen-bond donors (Lipinski definition) is 1. The largest absolute Gasteiger partial charge is 0.393 e. The molecule has 0 aliphatic carbocycles. The summed E-state index contributed by atoms with van der Waals surface area (Å²) < 4.78 is 1.13. The van der Waals surface area contributed by atoms with Crippen LogP contribution in [0.3, 0.4) is 0 Å². The summed E-state index contributed by atoms with van der Waals surface area (Å²) in [4.78, 5) is 1.25. The highest BCUT2D eigenvalue weighted by Gasteiger charge is 2.09. The minimum absolute atomic E-state index is 0.188. The van der Waals surface area contributed by atoms with Crippen LogP contribution in [0.25, 0.3) is 0 Å². The van der Waals surface area contributed by atoms with Gasteiger partial charge in [-0.15, -0.1) is 11.3 Å². The van der Waals surface area contributed by atoms with Crippen LogP contribution >= 0.6 is 27.3 Å². The molecular formula is C11H17BrOS. The van der Waals surface area contributed by atoms with Crippen molar-refractivity contribution >= 4 is 27.3 Å². The fraction of sp³-hybridized carbons (Fsp3) is 0.636. The second kappa shape index (κ2) is 5.89. The van der Waals surface area contributed by atoms with Crippen LogP contribution in [0.2, 0.25) is 0 Å². The van der Waals surface area contributed by atoms with E-state index in [0.717, 1.165) is 23.7 Å². The third-order valence-corrected chi connectivity index (χ3v) is 4.14. The van der Waals surface area contributed by atoms with E-state index in [4.69, 9.17) is 0 Å². The maximum absolute atomic E-state index is 9.78. The van der Waals surface area contributed by atoms with E-state index in [-0.39, 0.29) is 6.10 Å². The van der Waals surface area contributed by atoms with Gasteiger partial charge in [0.2, 0.25) is 0 Å². The van der Waals surface area contributed by atoms with Crippen LogP contribution in [-0.2, 0) is 6.42 Å². The molecular weight excluding hydrogens is 260 g/mol. The standard InChI is InChI=1S/C11H17BrOS/c1-8(2)3-4-9(13)7-11-10(12)5-6-14-11/h5-6,8-9,13H,3-4,7H2,1-2H3. The van der Waals surface area contributed by atoms with E-state index in [2.05, 4.69) is 35.2 Å². The lowest BCUT2D eigenvalue weighted by atomic mass is 10.0. The third kappa shape index (κ3) is 4.11. The van der Waals surface area contributed by atoms with Gasteiger partial charge in [-0.1, -0.05) is 13.8 Å². The molecule has 3 heteroatoms. The highest BCUT2D eigenvalue weighted by Crippen LogP contribution is 2.25. The second-order valence-electron chi connectivity index (χ2n) is 4.02. The van der Waals surface area contributed by atoms with Gasteiger partial charge in [0.1, 0.15) is 0 Å². The van der Waals surface area contributed by atoms with Gasteiger partial charge in [0.15, 0.2) is 0 Å². The molecule has 1 unspecified atom stereocenters. The fourth-order valence-corrected chi connectivity index (χ4v) is 2.90. The van der Waals surface area contributed by atoms with E-state index in [0.29, 0.717) is 5.92 Å². The first kappa shape index (κ1) is 12.2. The minimum atomic E-state index is -0.188. The lowest BCUT2D eigenvalue weighted by molar-refractivity contribution is 0.157. The first-order valence-corrected chi connectivity index (χ1v) is 6.66. The van der Waals surface area contributed by atoms with Crippen molar-refractivity contribution in [2.75, 3.05) is 0 Å². The predicted molar refractivity (Wildman–Crippen MR) is 65.8 cm³/mol. The van der Waals surface area contributed by atoms with E-state index < -0.39 is 0 Å². The van der Waals surface area contributed by atoms with Crippen LogP contribution in [0.15, 0.2) is 15.9 Å². The van der Waals surface area contributed by atoms with Gasteiger partial charge in [-0.3, -0.25) is 0 Å². The number of hydrogen-bond acceptors (Lipinski definition) is 2. The van der Waals surface area contributed by atoms with Gasteiger partial charge in [0.25, 0.3) is 0 Å². The number of thiophene rings is 1. The Labute approximate surface area is 98.3 Å². The van der Waals surface area contributed by atoms with Crippen LogP contribution in [-0.4, -0.2) is 11.2 Å².